The summed E-state index contributed by atoms with van der Waals surface area (Å²) in [4.78, 5) is 48.7. The lowest BCUT2D eigenvalue weighted by Gasteiger charge is -2.49. The number of carbonyl (C=O) groups is 3. The molecule has 8 atom stereocenters. The highest BCUT2D eigenvalue weighted by Gasteiger charge is 2.76. The number of rotatable bonds is 20. The summed E-state index contributed by atoms with van der Waals surface area (Å²) in [5, 5.41) is 35.7. The van der Waals surface area contributed by atoms with Gasteiger partial charge in [-0.3, -0.25) is 19.2 Å². The van der Waals surface area contributed by atoms with Gasteiger partial charge in [0, 0.05) is 25.8 Å². The van der Waals surface area contributed by atoms with Crippen LogP contribution in [0.5, 0.6) is 0 Å². The van der Waals surface area contributed by atoms with Gasteiger partial charge in [-0.1, -0.05) is 63.8 Å². The second kappa shape index (κ2) is 17.6. The third kappa shape index (κ3) is 8.27. The molecule has 1 aromatic rings. The number of unbranched alkanes of at least 4 members (excludes halogenated alkanes) is 4. The second-order valence-corrected chi connectivity index (χ2v) is 14.0. The molecule has 5 rings (SSSR count). The minimum absolute atomic E-state index is 0.0578. The van der Waals surface area contributed by atoms with Gasteiger partial charge in [-0.2, -0.15) is 5.06 Å². The first kappa shape index (κ1) is 39.1. The highest BCUT2D eigenvalue weighted by Crippen LogP contribution is 2.58. The van der Waals surface area contributed by atoms with Crippen LogP contribution in [0.25, 0.3) is 6.08 Å². The molecule has 5 N–H and O–H groups in total. The molecule has 284 valence electrons. The van der Waals surface area contributed by atoms with Gasteiger partial charge in [0.25, 0.3) is 0 Å². The molecule has 4 fully saturated rings. The Labute approximate surface area is 299 Å². The summed E-state index contributed by atoms with van der Waals surface area (Å²) < 4.78 is 25.2. The van der Waals surface area contributed by atoms with Crippen LogP contribution in [-0.2, 0) is 44.7 Å². The van der Waals surface area contributed by atoms with Gasteiger partial charge in [0.1, 0.15) is 42.5 Å². The van der Waals surface area contributed by atoms with Gasteiger partial charge >= 0.3 is 5.97 Å². The fraction of sp³-hybridized carbons (Fsp3) is 0.703. The van der Waals surface area contributed by atoms with Crippen molar-refractivity contribution in [2.24, 2.45) is 5.41 Å². The summed E-state index contributed by atoms with van der Waals surface area (Å²) in [6.07, 6.45) is 5.83. The lowest BCUT2D eigenvalue weighted by Crippen LogP contribution is -2.71. The maximum Gasteiger partial charge on any atom is 0.327 e. The Morgan fingerprint density at radius 1 is 1.06 bits per heavy atom. The molecule has 14 nitrogen and oxygen atoms in total. The number of nitrogens with zero attached hydrogens (tertiary/aromatic N) is 1. The molecule has 2 bridgehead atoms. The van der Waals surface area contributed by atoms with Crippen molar-refractivity contribution in [2.75, 3.05) is 26.4 Å². The minimum Gasteiger partial charge on any atom is -0.499 e. The number of hydrogen-bond acceptors (Lipinski definition) is 12. The van der Waals surface area contributed by atoms with Crippen molar-refractivity contribution >= 4 is 23.9 Å². The first-order valence-electron chi connectivity index (χ1n) is 18.5. The Morgan fingerprint density at radius 2 is 1.76 bits per heavy atom. The number of carbonyl (C=O) groups excluding carboxylic acids is 3. The van der Waals surface area contributed by atoms with E-state index in [0.29, 0.717) is 12.8 Å². The second-order valence-electron chi connectivity index (χ2n) is 14.0. The number of benzene rings is 1. The summed E-state index contributed by atoms with van der Waals surface area (Å²) in [6.45, 7) is 5.36. The van der Waals surface area contributed by atoms with Gasteiger partial charge in [-0.05, 0) is 37.0 Å². The van der Waals surface area contributed by atoms with Crippen molar-refractivity contribution < 1.29 is 53.5 Å². The van der Waals surface area contributed by atoms with Gasteiger partial charge in [-0.25, -0.2) is 0 Å². The largest absolute Gasteiger partial charge is 0.499 e. The normalized spacial score (nSPS) is 29.0. The van der Waals surface area contributed by atoms with Crippen LogP contribution in [0.1, 0.15) is 89.7 Å². The SMILES string of the molecule is CCCCCC1(CCCCC)O[C@@H]2[C@H](O1)[C@H]1ON(Cc3ccccc3C=COCCO)[C@@H]3C(=O)O[C@@H]2C[C@]13C(=O)N[C@@H](C(=O)NCCO)[C@H](C)O. The maximum atomic E-state index is 14.8. The first-order chi connectivity index (χ1) is 24.6. The molecule has 0 radical (unpaired) electrons. The number of aliphatic hydroxyl groups excluding tert-OH is 3. The van der Waals surface area contributed by atoms with E-state index < -0.39 is 71.6 Å². The van der Waals surface area contributed by atoms with E-state index in [-0.39, 0.29) is 39.3 Å². The number of fused-ring (bicyclic) bond motifs is 4. The van der Waals surface area contributed by atoms with Crippen LogP contribution in [0.2, 0.25) is 0 Å². The van der Waals surface area contributed by atoms with Crippen molar-refractivity contribution in [1.29, 1.82) is 0 Å². The fourth-order valence-corrected chi connectivity index (χ4v) is 7.92. The number of hydrogen-bond donors (Lipinski definition) is 5. The van der Waals surface area contributed by atoms with E-state index in [1.165, 1.54) is 18.2 Å². The molecule has 0 unspecified atom stereocenters. The van der Waals surface area contributed by atoms with E-state index in [1.54, 1.807) is 6.08 Å². The lowest BCUT2D eigenvalue weighted by molar-refractivity contribution is -0.224. The van der Waals surface area contributed by atoms with Crippen molar-refractivity contribution in [1.82, 2.24) is 15.7 Å². The first-order valence-corrected chi connectivity index (χ1v) is 18.5. The molecule has 0 aromatic heterocycles. The van der Waals surface area contributed by atoms with E-state index in [0.717, 1.165) is 49.7 Å². The van der Waals surface area contributed by atoms with Gasteiger partial charge in [0.15, 0.2) is 11.8 Å². The van der Waals surface area contributed by atoms with Crippen LogP contribution < -0.4 is 10.6 Å². The third-order valence-electron chi connectivity index (χ3n) is 10.4. The number of hydroxylamine groups is 2. The van der Waals surface area contributed by atoms with Crippen molar-refractivity contribution in [3.05, 3.63) is 41.7 Å². The maximum absolute atomic E-state index is 14.8. The monoisotopic (exact) mass is 717 g/mol. The van der Waals surface area contributed by atoms with Gasteiger partial charge in [0.05, 0.1) is 32.1 Å². The van der Waals surface area contributed by atoms with Crippen LogP contribution in [0.4, 0.5) is 0 Å². The highest BCUT2D eigenvalue weighted by atomic mass is 16.8. The topological polar surface area (TPSA) is 185 Å². The third-order valence-corrected chi connectivity index (χ3v) is 10.4. The predicted octanol–water partition coefficient (Wildman–Crippen LogP) is 2.08. The highest BCUT2D eigenvalue weighted by molar-refractivity contribution is 5.96. The van der Waals surface area contributed by atoms with E-state index in [1.807, 2.05) is 24.3 Å². The van der Waals surface area contributed by atoms with Gasteiger partial charge < -0.3 is 44.9 Å². The zero-order valence-corrected chi connectivity index (χ0v) is 30.0. The standard InChI is InChI=1S/C37H55N3O11/c1-4-6-10-15-36(16-11-7-5-2)49-29-27-22-37(35(46)39-28(24(3)43)33(44)38-17-18-41)31(34(45)48-27)40(51-32(37)30(29)50-36)23-26-13-9-8-12-25(26)14-20-47-21-19-42/h8-9,12-14,20,24,27-32,41-43H,4-7,10-11,15-19,21-23H2,1-3H3,(H,38,44)(H,39,46)/t24-,27+,28+,29-,30-,31+,32+,37+/m0/s1. The smallest absolute Gasteiger partial charge is 0.327 e. The zero-order chi connectivity index (χ0) is 36.6. The summed E-state index contributed by atoms with van der Waals surface area (Å²) in [7, 11) is 0. The Hall–Kier alpha value is -3.11. The molecule has 2 amide bonds. The molecule has 3 aliphatic heterocycles. The number of ether oxygens (including phenoxy) is 4. The molecule has 0 spiro atoms. The summed E-state index contributed by atoms with van der Waals surface area (Å²) >= 11 is 0. The average molecular weight is 718 g/mol. The molecular formula is C37H55N3O11. The Balaban J connectivity index is 1.53. The molecule has 1 aliphatic carbocycles. The average Bonchev–Trinajstić information content (AvgIpc) is 3.67. The number of amides is 2. The summed E-state index contributed by atoms with van der Waals surface area (Å²) in [5.41, 5.74) is -0.0231. The van der Waals surface area contributed by atoms with Crippen LogP contribution >= 0.6 is 0 Å². The molecule has 1 aromatic carbocycles. The molecule has 1 saturated carbocycles. The van der Waals surface area contributed by atoms with E-state index in [9.17, 15) is 24.6 Å². The number of esters is 1. The minimum atomic E-state index is -1.56. The van der Waals surface area contributed by atoms with E-state index in [2.05, 4.69) is 24.5 Å². The molecule has 4 aliphatic rings. The lowest BCUT2D eigenvalue weighted by atomic mass is 9.62. The quantitative estimate of drug-likeness (QED) is 0.0753. The van der Waals surface area contributed by atoms with Gasteiger partial charge in [-0.15, -0.1) is 0 Å². The molecule has 3 heterocycles. The Bertz CT molecular complexity index is 1360. The van der Waals surface area contributed by atoms with Crippen LogP contribution in [0.15, 0.2) is 30.5 Å². The Kier molecular flexibility index (Phi) is 13.5. The fourth-order valence-electron chi connectivity index (χ4n) is 7.92. The van der Waals surface area contributed by atoms with Crippen LogP contribution in [-0.4, -0.2) is 113 Å². The van der Waals surface area contributed by atoms with E-state index >= 15 is 0 Å². The van der Waals surface area contributed by atoms with Crippen molar-refractivity contribution in [3.8, 4) is 0 Å². The molecular weight excluding hydrogens is 662 g/mol. The molecule has 51 heavy (non-hydrogen) atoms. The van der Waals surface area contributed by atoms with Gasteiger partial charge in [0.2, 0.25) is 11.8 Å². The summed E-state index contributed by atoms with van der Waals surface area (Å²) in [5.74, 6) is -2.91. The molecule has 14 heteroatoms. The Morgan fingerprint density at radius 3 is 2.43 bits per heavy atom. The van der Waals surface area contributed by atoms with Crippen LogP contribution in [0, 0.1) is 5.41 Å². The predicted molar refractivity (Wildman–Crippen MR) is 184 cm³/mol. The molecule has 3 saturated heterocycles. The summed E-state index contributed by atoms with van der Waals surface area (Å²) in [6, 6.07) is 4.88. The van der Waals surface area contributed by atoms with Crippen molar-refractivity contribution in [2.45, 2.75) is 133 Å². The van der Waals surface area contributed by atoms with Crippen LogP contribution in [0.3, 0.4) is 0 Å². The zero-order valence-electron chi connectivity index (χ0n) is 30.0. The van der Waals surface area contributed by atoms with Crippen molar-refractivity contribution in [3.63, 3.8) is 0 Å². The number of aliphatic hydroxyl groups is 3. The number of nitrogens with one attached hydrogen (secondary N) is 2. The van der Waals surface area contributed by atoms with E-state index in [4.69, 9.17) is 28.9 Å².